The number of hydrogen-bond donors (Lipinski definition) is 2. The molecule has 1 aromatic heterocycles. The monoisotopic (exact) mass is 617 g/mol. The zero-order chi connectivity index (χ0) is 30.5. The lowest BCUT2D eigenvalue weighted by atomic mass is 9.86. The Morgan fingerprint density at radius 2 is 1.83 bits per heavy atom. The topological polar surface area (TPSA) is 103 Å². The van der Waals surface area contributed by atoms with Gasteiger partial charge in [-0.1, -0.05) is 54.0 Å². The number of pyridine rings is 1. The van der Waals surface area contributed by atoms with Crippen LogP contribution in [0.3, 0.4) is 0 Å². The highest BCUT2D eigenvalue weighted by Gasteiger charge is 2.34. The summed E-state index contributed by atoms with van der Waals surface area (Å²) in [6.45, 7) is 4.52. The van der Waals surface area contributed by atoms with Crippen LogP contribution in [0.4, 0.5) is 18.9 Å². The minimum Gasteiger partial charge on any atom is -0.633 e. The number of amides is 1. The smallest absolute Gasteiger partial charge is 0.416 e. The lowest BCUT2D eigenvalue weighted by Crippen LogP contribution is -2.47. The number of nitrogens with two attached hydrogens (primary N) is 1. The van der Waals surface area contributed by atoms with Crippen LogP contribution in [0.1, 0.15) is 51.4 Å². The SMILES string of the molecule is C=C(/N=C\C(Cl)=C/N)c1ccc(C[N+]2([O-])CCC(c3cc(C(F)(F)F)ccc3NC(=O)c3ccnc(Cl)c3)CC2)cc1. The molecule has 7 nitrogen and oxygen atoms in total. The summed E-state index contributed by atoms with van der Waals surface area (Å²) in [5.41, 5.74) is 7.37. The highest BCUT2D eigenvalue weighted by molar-refractivity contribution is 6.39. The number of nitrogens with zero attached hydrogens (tertiary/aromatic N) is 3. The number of rotatable bonds is 8. The Balaban J connectivity index is 1.47. The number of benzene rings is 2. The first-order chi connectivity index (χ1) is 19.9. The number of quaternary nitrogens is 1. The number of aromatic nitrogens is 1. The molecular formula is C30H28Cl2F3N5O2. The summed E-state index contributed by atoms with van der Waals surface area (Å²) in [6, 6.07) is 13.3. The van der Waals surface area contributed by atoms with Crippen molar-refractivity contribution in [1.82, 2.24) is 4.98 Å². The van der Waals surface area contributed by atoms with E-state index >= 15 is 0 Å². The van der Waals surface area contributed by atoms with Crippen LogP contribution in [0.2, 0.25) is 5.15 Å². The molecule has 0 unspecified atom stereocenters. The maximum Gasteiger partial charge on any atom is 0.416 e. The third kappa shape index (κ3) is 7.98. The van der Waals surface area contributed by atoms with Gasteiger partial charge in [0.1, 0.15) is 11.7 Å². The lowest BCUT2D eigenvalue weighted by molar-refractivity contribution is -0.899. The first-order valence-corrected chi connectivity index (χ1v) is 13.7. The van der Waals surface area contributed by atoms with Crippen LogP contribution in [-0.2, 0) is 12.7 Å². The summed E-state index contributed by atoms with van der Waals surface area (Å²) in [4.78, 5) is 20.8. The van der Waals surface area contributed by atoms with E-state index in [4.69, 9.17) is 28.9 Å². The van der Waals surface area contributed by atoms with Gasteiger partial charge in [-0.3, -0.25) is 9.79 Å². The fraction of sp³-hybridized carbons (Fsp3) is 0.233. The van der Waals surface area contributed by atoms with Gasteiger partial charge in [-0.2, -0.15) is 13.2 Å². The number of aliphatic imine (C=N–C) groups is 1. The summed E-state index contributed by atoms with van der Waals surface area (Å²) < 4.78 is 40.3. The number of carbonyl (C=O) groups excluding carboxylic acids is 1. The second-order valence-corrected chi connectivity index (χ2v) is 10.8. The van der Waals surface area contributed by atoms with Crippen molar-refractivity contribution < 1.29 is 22.6 Å². The number of piperidine rings is 1. The molecule has 2 aromatic carbocycles. The maximum atomic E-state index is 13.6. The molecule has 12 heteroatoms. The van der Waals surface area contributed by atoms with Gasteiger partial charge >= 0.3 is 6.18 Å². The molecule has 1 saturated heterocycles. The molecule has 3 aromatic rings. The van der Waals surface area contributed by atoms with Crippen LogP contribution in [0.25, 0.3) is 5.70 Å². The minimum absolute atomic E-state index is 0.116. The Kier molecular flexibility index (Phi) is 9.73. The van der Waals surface area contributed by atoms with Crippen LogP contribution < -0.4 is 11.1 Å². The number of anilines is 1. The third-order valence-electron chi connectivity index (χ3n) is 7.09. The summed E-state index contributed by atoms with van der Waals surface area (Å²) in [7, 11) is 0. The molecule has 0 saturated carbocycles. The van der Waals surface area contributed by atoms with Gasteiger partial charge in [0.2, 0.25) is 0 Å². The molecule has 1 aliphatic rings. The molecule has 1 amide bonds. The number of allylic oxidation sites excluding steroid dienone is 1. The Morgan fingerprint density at radius 1 is 1.14 bits per heavy atom. The van der Waals surface area contributed by atoms with E-state index < -0.39 is 22.3 Å². The van der Waals surface area contributed by atoms with Gasteiger partial charge in [0.05, 0.1) is 29.4 Å². The van der Waals surface area contributed by atoms with Gasteiger partial charge in [-0.05, 0) is 47.4 Å². The number of carbonyl (C=O) groups is 1. The van der Waals surface area contributed by atoms with E-state index in [9.17, 15) is 23.2 Å². The molecule has 4 rings (SSSR count). The van der Waals surface area contributed by atoms with Crippen LogP contribution in [0.5, 0.6) is 0 Å². The van der Waals surface area contributed by atoms with Crippen molar-refractivity contribution in [2.45, 2.75) is 31.5 Å². The number of hydrogen-bond acceptors (Lipinski definition) is 5. The number of nitrogens with one attached hydrogen (secondary N) is 1. The minimum atomic E-state index is -4.56. The quantitative estimate of drug-likeness (QED) is 0.118. The van der Waals surface area contributed by atoms with E-state index in [0.717, 1.165) is 23.3 Å². The van der Waals surface area contributed by atoms with E-state index in [1.165, 1.54) is 36.8 Å². The van der Waals surface area contributed by atoms with E-state index in [0.29, 0.717) is 24.1 Å². The van der Waals surface area contributed by atoms with Gasteiger partial charge in [0.25, 0.3) is 5.91 Å². The molecule has 0 spiro atoms. The van der Waals surface area contributed by atoms with Crippen molar-refractivity contribution >= 4 is 46.7 Å². The number of hydroxylamine groups is 3. The first kappa shape index (κ1) is 31.2. The highest BCUT2D eigenvalue weighted by atomic mass is 35.5. The third-order valence-corrected chi connectivity index (χ3v) is 7.52. The van der Waals surface area contributed by atoms with Gasteiger partial charge in [0.15, 0.2) is 0 Å². The lowest BCUT2D eigenvalue weighted by Gasteiger charge is -2.47. The van der Waals surface area contributed by atoms with Crippen molar-refractivity contribution in [3.63, 3.8) is 0 Å². The van der Waals surface area contributed by atoms with Gasteiger partial charge < -0.3 is 20.9 Å². The molecule has 1 fully saturated rings. The zero-order valence-corrected chi connectivity index (χ0v) is 23.9. The second kappa shape index (κ2) is 13.1. The van der Waals surface area contributed by atoms with Gasteiger partial charge in [-0.25, -0.2) is 4.98 Å². The molecule has 0 atom stereocenters. The predicted octanol–water partition coefficient (Wildman–Crippen LogP) is 7.48. The summed E-state index contributed by atoms with van der Waals surface area (Å²) in [5, 5.41) is 16.7. The van der Waals surface area contributed by atoms with Crippen LogP contribution in [0, 0.1) is 5.21 Å². The average Bonchev–Trinajstić information content (AvgIpc) is 2.96. The van der Waals surface area contributed by atoms with Crippen LogP contribution in [-0.4, -0.2) is 34.8 Å². The van der Waals surface area contributed by atoms with E-state index in [1.54, 1.807) is 0 Å². The van der Waals surface area contributed by atoms with Crippen molar-refractivity contribution in [3.05, 3.63) is 117 Å². The van der Waals surface area contributed by atoms with Crippen LogP contribution in [0.15, 0.2) is 83.6 Å². The van der Waals surface area contributed by atoms with Gasteiger partial charge in [-0.15, -0.1) is 0 Å². The second-order valence-electron chi connectivity index (χ2n) is 10.0. The van der Waals surface area contributed by atoms with Crippen molar-refractivity contribution in [3.8, 4) is 0 Å². The fourth-order valence-electron chi connectivity index (χ4n) is 4.83. The molecule has 0 aliphatic carbocycles. The number of halogens is 5. The van der Waals surface area contributed by atoms with E-state index in [1.807, 2.05) is 24.3 Å². The zero-order valence-electron chi connectivity index (χ0n) is 22.4. The van der Waals surface area contributed by atoms with E-state index in [2.05, 4.69) is 21.9 Å². The Bertz CT molecular complexity index is 1520. The molecule has 3 N–H and O–H groups in total. The van der Waals surface area contributed by atoms with Crippen LogP contribution >= 0.6 is 23.2 Å². The largest absolute Gasteiger partial charge is 0.633 e. The van der Waals surface area contributed by atoms with E-state index in [-0.39, 0.29) is 47.0 Å². The maximum absolute atomic E-state index is 13.6. The number of alkyl halides is 3. The molecule has 2 heterocycles. The standard InChI is InChI=1S/C30H28Cl2F3N5O2/c1-19(38-17-25(31)16-36)21-4-2-20(3-5-21)18-40(42)12-9-22(10-13-40)26-15-24(30(33,34)35)6-7-27(26)39-29(41)23-8-11-37-28(32)14-23/h2-8,11,14-17,22H,1,9-10,12-13,18,36H2,(H,39,41)/b25-16+,38-17-. The Hall–Kier alpha value is -3.70. The summed E-state index contributed by atoms with van der Waals surface area (Å²) in [5.74, 6) is -0.873. The highest BCUT2D eigenvalue weighted by Crippen LogP contribution is 2.40. The van der Waals surface area contributed by atoms with Crippen molar-refractivity contribution in [1.29, 1.82) is 0 Å². The molecule has 220 valence electrons. The summed E-state index contributed by atoms with van der Waals surface area (Å²) in [6.07, 6.45) is 0.119. The molecule has 42 heavy (non-hydrogen) atoms. The Labute approximate surface area is 251 Å². The molecule has 0 bridgehead atoms. The Morgan fingerprint density at radius 3 is 2.45 bits per heavy atom. The van der Waals surface area contributed by atoms with Crippen molar-refractivity contribution in [2.75, 3.05) is 18.4 Å². The molecule has 1 aliphatic heterocycles. The fourth-order valence-corrected chi connectivity index (χ4v) is 5.05. The first-order valence-electron chi connectivity index (χ1n) is 13.0. The molecule has 0 radical (unpaired) electrons. The molecular weight excluding hydrogens is 590 g/mol. The van der Waals surface area contributed by atoms with Gasteiger partial charge in [0, 0.05) is 48.3 Å². The normalized spacial score (nSPS) is 19.6. The van der Waals surface area contributed by atoms with Crippen molar-refractivity contribution in [2.24, 2.45) is 10.7 Å². The number of likely N-dealkylation sites (tertiary alicyclic amines) is 1. The average molecular weight is 618 g/mol. The summed E-state index contributed by atoms with van der Waals surface area (Å²) >= 11 is 11.7. The predicted molar refractivity (Wildman–Crippen MR) is 160 cm³/mol.